The monoisotopic (exact) mass is 344 g/mol. The van der Waals surface area contributed by atoms with Gasteiger partial charge in [0.25, 0.3) is 0 Å². The highest BCUT2D eigenvalue weighted by atomic mass is 16.5. The molecule has 2 N–H and O–H groups in total. The van der Waals surface area contributed by atoms with Gasteiger partial charge in [0.1, 0.15) is 5.76 Å². The average Bonchev–Trinajstić information content (AvgIpc) is 3.02. The van der Waals surface area contributed by atoms with E-state index in [4.69, 9.17) is 4.52 Å². The van der Waals surface area contributed by atoms with E-state index in [9.17, 15) is 9.59 Å². The van der Waals surface area contributed by atoms with E-state index in [0.717, 1.165) is 25.2 Å². The van der Waals surface area contributed by atoms with Gasteiger partial charge in [-0.15, -0.1) is 0 Å². The van der Waals surface area contributed by atoms with Crippen molar-refractivity contribution in [2.75, 3.05) is 18.4 Å². The van der Waals surface area contributed by atoms with Crippen molar-refractivity contribution in [1.29, 1.82) is 0 Å². The smallest absolute Gasteiger partial charge is 0.314 e. The number of rotatable bonds is 7. The average molecular weight is 344 g/mol. The first-order valence-corrected chi connectivity index (χ1v) is 8.34. The third-order valence-corrected chi connectivity index (χ3v) is 3.82. The van der Waals surface area contributed by atoms with E-state index in [2.05, 4.69) is 40.6 Å². The zero-order valence-corrected chi connectivity index (χ0v) is 14.8. The zero-order chi connectivity index (χ0) is 18.2. The van der Waals surface area contributed by atoms with E-state index in [-0.39, 0.29) is 12.4 Å². The Morgan fingerprint density at radius 3 is 2.48 bits per heavy atom. The van der Waals surface area contributed by atoms with Crippen LogP contribution in [-0.4, -0.2) is 35.0 Å². The molecule has 0 unspecified atom stereocenters. The Kier molecular flexibility index (Phi) is 6.71. The van der Waals surface area contributed by atoms with Gasteiger partial charge in [0.2, 0.25) is 0 Å². The summed E-state index contributed by atoms with van der Waals surface area (Å²) in [7, 11) is 0. The SMILES string of the molecule is CCN(CC)Cc1cccc(CNC(=O)C(=O)Nc2cc(C)on2)c1. The van der Waals surface area contributed by atoms with E-state index in [1.54, 1.807) is 13.0 Å². The van der Waals surface area contributed by atoms with E-state index >= 15 is 0 Å². The van der Waals surface area contributed by atoms with E-state index in [1.165, 1.54) is 5.56 Å². The number of nitrogens with zero attached hydrogens (tertiary/aromatic N) is 2. The van der Waals surface area contributed by atoms with Crippen molar-refractivity contribution in [2.45, 2.75) is 33.9 Å². The maximum atomic E-state index is 11.9. The van der Waals surface area contributed by atoms with Crippen LogP contribution in [0.15, 0.2) is 34.9 Å². The first kappa shape index (κ1) is 18.7. The van der Waals surface area contributed by atoms with Crippen molar-refractivity contribution >= 4 is 17.6 Å². The van der Waals surface area contributed by atoms with Gasteiger partial charge in [0, 0.05) is 19.2 Å². The molecule has 25 heavy (non-hydrogen) atoms. The number of nitrogens with one attached hydrogen (secondary N) is 2. The normalized spacial score (nSPS) is 10.7. The quantitative estimate of drug-likeness (QED) is 0.751. The highest BCUT2D eigenvalue weighted by Gasteiger charge is 2.15. The minimum atomic E-state index is -0.771. The first-order chi connectivity index (χ1) is 12.0. The van der Waals surface area contributed by atoms with Crippen LogP contribution in [0.3, 0.4) is 0 Å². The first-order valence-electron chi connectivity index (χ1n) is 8.34. The predicted octanol–water partition coefficient (Wildman–Crippen LogP) is 2.08. The van der Waals surface area contributed by atoms with Crippen LogP contribution in [0.4, 0.5) is 5.82 Å². The molecule has 1 aromatic heterocycles. The van der Waals surface area contributed by atoms with Crippen LogP contribution in [-0.2, 0) is 22.7 Å². The van der Waals surface area contributed by atoms with Crippen LogP contribution in [0.2, 0.25) is 0 Å². The minimum absolute atomic E-state index is 0.221. The maximum absolute atomic E-state index is 11.9. The molecule has 0 fully saturated rings. The van der Waals surface area contributed by atoms with Gasteiger partial charge in [-0.1, -0.05) is 43.3 Å². The molecule has 2 amide bonds. The number of aromatic nitrogens is 1. The van der Waals surface area contributed by atoms with Crippen LogP contribution >= 0.6 is 0 Å². The van der Waals surface area contributed by atoms with Gasteiger partial charge in [-0.05, 0) is 31.1 Å². The summed E-state index contributed by atoms with van der Waals surface area (Å²) in [6.45, 7) is 9.08. The fraction of sp³-hybridized carbons (Fsp3) is 0.389. The number of carbonyl (C=O) groups is 2. The van der Waals surface area contributed by atoms with Crippen LogP contribution in [0, 0.1) is 6.92 Å². The lowest BCUT2D eigenvalue weighted by Gasteiger charge is -2.18. The molecular weight excluding hydrogens is 320 g/mol. The lowest BCUT2D eigenvalue weighted by atomic mass is 10.1. The van der Waals surface area contributed by atoms with E-state index < -0.39 is 11.8 Å². The van der Waals surface area contributed by atoms with Crippen molar-refractivity contribution < 1.29 is 14.1 Å². The Hall–Kier alpha value is -2.67. The predicted molar refractivity (Wildman–Crippen MR) is 94.8 cm³/mol. The second-order valence-electron chi connectivity index (χ2n) is 5.74. The van der Waals surface area contributed by atoms with Gasteiger partial charge in [-0.25, -0.2) is 0 Å². The molecule has 0 atom stereocenters. The molecule has 7 nitrogen and oxygen atoms in total. The summed E-state index contributed by atoms with van der Waals surface area (Å²) in [6, 6.07) is 9.52. The largest absolute Gasteiger partial charge is 0.360 e. The summed E-state index contributed by atoms with van der Waals surface area (Å²) < 4.78 is 4.84. The third kappa shape index (κ3) is 5.72. The fourth-order valence-electron chi connectivity index (χ4n) is 2.40. The van der Waals surface area contributed by atoms with Crippen LogP contribution in [0.25, 0.3) is 0 Å². The number of hydrogen-bond acceptors (Lipinski definition) is 5. The number of carbonyl (C=O) groups excluding carboxylic acids is 2. The Morgan fingerprint density at radius 2 is 1.84 bits per heavy atom. The van der Waals surface area contributed by atoms with Gasteiger partial charge in [-0.3, -0.25) is 19.8 Å². The van der Waals surface area contributed by atoms with Gasteiger partial charge in [0.05, 0.1) is 0 Å². The molecule has 134 valence electrons. The molecule has 0 aliphatic heterocycles. The second-order valence-corrected chi connectivity index (χ2v) is 5.74. The van der Waals surface area contributed by atoms with Crippen LogP contribution in [0.5, 0.6) is 0 Å². The summed E-state index contributed by atoms with van der Waals surface area (Å²) >= 11 is 0. The summed E-state index contributed by atoms with van der Waals surface area (Å²) in [5, 5.41) is 8.62. The molecular formula is C18H24N4O3. The molecule has 2 rings (SSSR count). The van der Waals surface area contributed by atoms with Crippen molar-refractivity contribution in [3.05, 3.63) is 47.2 Å². The van der Waals surface area contributed by atoms with Gasteiger partial charge >= 0.3 is 11.8 Å². The van der Waals surface area contributed by atoms with Crippen molar-refractivity contribution in [2.24, 2.45) is 0 Å². The Labute approximate surface area is 147 Å². The Balaban J connectivity index is 1.87. The molecule has 1 heterocycles. The number of aryl methyl sites for hydroxylation is 1. The number of benzene rings is 1. The van der Waals surface area contributed by atoms with Crippen molar-refractivity contribution in [3.63, 3.8) is 0 Å². The highest BCUT2D eigenvalue weighted by molar-refractivity contribution is 6.39. The summed E-state index contributed by atoms with van der Waals surface area (Å²) in [6.07, 6.45) is 0. The molecule has 0 bridgehead atoms. The standard InChI is InChI=1S/C18H24N4O3/c1-4-22(5-2)12-15-8-6-7-14(10-15)11-19-17(23)18(24)20-16-9-13(3)25-21-16/h6-10H,4-5,11-12H2,1-3H3,(H,19,23)(H,20,21,24). The maximum Gasteiger partial charge on any atom is 0.314 e. The fourth-order valence-corrected chi connectivity index (χ4v) is 2.40. The summed E-state index contributed by atoms with van der Waals surface area (Å²) in [5.74, 6) is -0.706. The number of amides is 2. The van der Waals surface area contributed by atoms with Crippen LogP contribution in [0.1, 0.15) is 30.7 Å². The van der Waals surface area contributed by atoms with Crippen molar-refractivity contribution in [3.8, 4) is 0 Å². The molecule has 7 heteroatoms. The molecule has 0 saturated heterocycles. The minimum Gasteiger partial charge on any atom is -0.360 e. The van der Waals surface area contributed by atoms with E-state index in [1.807, 2.05) is 18.2 Å². The number of hydrogen-bond donors (Lipinski definition) is 2. The second kappa shape index (κ2) is 8.98. The van der Waals surface area contributed by atoms with Crippen LogP contribution < -0.4 is 10.6 Å². The summed E-state index contributed by atoms with van der Waals surface area (Å²) in [4.78, 5) is 26.0. The Morgan fingerprint density at radius 1 is 1.12 bits per heavy atom. The molecule has 0 radical (unpaired) electrons. The Bertz CT molecular complexity index is 723. The molecule has 0 spiro atoms. The lowest BCUT2D eigenvalue weighted by Crippen LogP contribution is -2.35. The van der Waals surface area contributed by atoms with Gasteiger partial charge < -0.3 is 9.84 Å². The van der Waals surface area contributed by atoms with E-state index in [0.29, 0.717) is 5.76 Å². The molecule has 0 saturated carbocycles. The zero-order valence-electron chi connectivity index (χ0n) is 14.8. The van der Waals surface area contributed by atoms with Crippen molar-refractivity contribution in [1.82, 2.24) is 15.4 Å². The topological polar surface area (TPSA) is 87.5 Å². The molecule has 0 aliphatic rings. The highest BCUT2D eigenvalue weighted by Crippen LogP contribution is 2.09. The lowest BCUT2D eigenvalue weighted by molar-refractivity contribution is -0.136. The molecule has 0 aliphatic carbocycles. The number of anilines is 1. The van der Waals surface area contributed by atoms with Gasteiger partial charge in [0.15, 0.2) is 5.82 Å². The van der Waals surface area contributed by atoms with Gasteiger partial charge in [-0.2, -0.15) is 0 Å². The molecule has 1 aromatic carbocycles. The summed E-state index contributed by atoms with van der Waals surface area (Å²) in [5.41, 5.74) is 2.13. The third-order valence-electron chi connectivity index (χ3n) is 3.82. The molecule has 2 aromatic rings.